The van der Waals surface area contributed by atoms with Crippen LogP contribution in [0.1, 0.15) is 38.6 Å². The molecule has 1 aromatic heterocycles. The van der Waals surface area contributed by atoms with Crippen LogP contribution in [0.4, 0.5) is 0 Å². The highest BCUT2D eigenvalue weighted by atomic mass is 32.2. The molecule has 1 aliphatic rings. The number of thioether (sulfide) groups is 1. The van der Waals surface area contributed by atoms with Crippen molar-refractivity contribution in [2.24, 2.45) is 5.92 Å². The van der Waals surface area contributed by atoms with E-state index in [0.29, 0.717) is 24.6 Å². The zero-order valence-corrected chi connectivity index (χ0v) is 17.4. The lowest BCUT2D eigenvalue weighted by Gasteiger charge is -2.26. The zero-order valence-electron chi connectivity index (χ0n) is 15.8. The summed E-state index contributed by atoms with van der Waals surface area (Å²) < 4.78 is 25.6. The van der Waals surface area contributed by atoms with Gasteiger partial charge in [-0.1, -0.05) is 25.6 Å². The van der Waals surface area contributed by atoms with E-state index >= 15 is 0 Å². The first-order chi connectivity index (χ1) is 11.6. The minimum Gasteiger partial charge on any atom is -0.338 e. The Kier molecular flexibility index (Phi) is 6.59. The lowest BCUT2D eigenvalue weighted by molar-refractivity contribution is -0.129. The Morgan fingerprint density at radius 3 is 2.60 bits per heavy atom. The number of hydrogen-bond donors (Lipinski definition) is 0. The van der Waals surface area contributed by atoms with Gasteiger partial charge < -0.3 is 9.47 Å². The maximum atomic E-state index is 12.6. The number of carbonyl (C=O) groups excluding carboxylic acids is 1. The minimum atomic E-state index is -2.99. The zero-order chi connectivity index (χ0) is 18.8. The summed E-state index contributed by atoms with van der Waals surface area (Å²) in [5.74, 6) is 1.06. The SMILES string of the molecule is CCN(C(=O)CSc1nc(C)c(C)n1CC(C)C)C1CCS(=O)(=O)C1. The number of carbonyl (C=O) groups is 1. The molecule has 0 aromatic carbocycles. The van der Waals surface area contributed by atoms with Gasteiger partial charge in [-0.25, -0.2) is 13.4 Å². The predicted octanol–water partition coefficient (Wildman–Crippen LogP) is 2.28. The van der Waals surface area contributed by atoms with Gasteiger partial charge in [0.1, 0.15) is 0 Å². The molecule has 1 amide bonds. The Morgan fingerprint density at radius 1 is 1.40 bits per heavy atom. The quantitative estimate of drug-likeness (QED) is 0.671. The Labute approximate surface area is 155 Å². The van der Waals surface area contributed by atoms with E-state index in [-0.39, 0.29) is 23.5 Å². The molecular weight excluding hydrogens is 358 g/mol. The summed E-state index contributed by atoms with van der Waals surface area (Å²) in [5.41, 5.74) is 2.13. The van der Waals surface area contributed by atoms with Crippen LogP contribution in [0.5, 0.6) is 0 Å². The molecule has 0 radical (unpaired) electrons. The van der Waals surface area contributed by atoms with Crippen LogP contribution in [0.2, 0.25) is 0 Å². The van der Waals surface area contributed by atoms with Crippen LogP contribution >= 0.6 is 11.8 Å². The van der Waals surface area contributed by atoms with Crippen LogP contribution in [0, 0.1) is 19.8 Å². The maximum absolute atomic E-state index is 12.6. The molecule has 2 heterocycles. The molecule has 1 aromatic rings. The van der Waals surface area contributed by atoms with E-state index in [1.165, 1.54) is 11.8 Å². The van der Waals surface area contributed by atoms with Crippen LogP contribution in [-0.4, -0.2) is 58.6 Å². The average molecular weight is 388 g/mol. The van der Waals surface area contributed by atoms with Crippen molar-refractivity contribution in [3.05, 3.63) is 11.4 Å². The fraction of sp³-hybridized carbons (Fsp3) is 0.765. The number of nitrogens with zero attached hydrogens (tertiary/aromatic N) is 3. The second kappa shape index (κ2) is 8.12. The number of hydrogen-bond acceptors (Lipinski definition) is 5. The Morgan fingerprint density at radius 2 is 2.08 bits per heavy atom. The van der Waals surface area contributed by atoms with Gasteiger partial charge in [0.05, 0.1) is 23.0 Å². The van der Waals surface area contributed by atoms with Crippen molar-refractivity contribution >= 4 is 27.5 Å². The van der Waals surface area contributed by atoms with Crippen molar-refractivity contribution in [3.63, 3.8) is 0 Å². The standard InChI is InChI=1S/C17H29N3O3S2/c1-6-19(15-7-8-25(22,23)11-15)16(21)10-24-17-18-13(4)14(5)20(17)9-12(2)3/h12,15H,6-11H2,1-5H3. The topological polar surface area (TPSA) is 72.3 Å². The van der Waals surface area contributed by atoms with Crippen molar-refractivity contribution < 1.29 is 13.2 Å². The first-order valence-electron chi connectivity index (χ1n) is 8.81. The van der Waals surface area contributed by atoms with Crippen molar-refractivity contribution in [2.75, 3.05) is 23.8 Å². The van der Waals surface area contributed by atoms with Gasteiger partial charge in [-0.3, -0.25) is 4.79 Å². The molecule has 6 nitrogen and oxygen atoms in total. The van der Waals surface area contributed by atoms with Crippen molar-refractivity contribution in [1.82, 2.24) is 14.5 Å². The van der Waals surface area contributed by atoms with Gasteiger partial charge in [0.15, 0.2) is 15.0 Å². The summed E-state index contributed by atoms with van der Waals surface area (Å²) >= 11 is 1.45. The molecule has 0 saturated carbocycles. The van der Waals surface area contributed by atoms with Gasteiger partial charge in [-0.15, -0.1) is 0 Å². The van der Waals surface area contributed by atoms with E-state index in [9.17, 15) is 13.2 Å². The molecule has 2 rings (SSSR count). The number of sulfone groups is 1. The molecular formula is C17H29N3O3S2. The van der Waals surface area contributed by atoms with Crippen LogP contribution in [0.15, 0.2) is 5.16 Å². The Balaban J connectivity index is 2.05. The molecule has 1 unspecified atom stereocenters. The van der Waals surface area contributed by atoms with Crippen LogP contribution in [0.25, 0.3) is 0 Å². The highest BCUT2D eigenvalue weighted by Crippen LogP contribution is 2.24. The fourth-order valence-corrected chi connectivity index (χ4v) is 5.90. The second-order valence-electron chi connectivity index (χ2n) is 7.09. The maximum Gasteiger partial charge on any atom is 0.233 e. The largest absolute Gasteiger partial charge is 0.338 e. The van der Waals surface area contributed by atoms with Gasteiger partial charge in [-0.2, -0.15) is 0 Å². The fourth-order valence-electron chi connectivity index (χ4n) is 3.18. The number of imidazole rings is 1. The third kappa shape index (κ3) is 5.00. The smallest absolute Gasteiger partial charge is 0.233 e. The van der Waals surface area contributed by atoms with Gasteiger partial charge in [0.2, 0.25) is 5.91 Å². The van der Waals surface area contributed by atoms with Crippen molar-refractivity contribution in [2.45, 2.75) is 58.8 Å². The number of amides is 1. The van der Waals surface area contributed by atoms with Gasteiger partial charge in [-0.05, 0) is 33.1 Å². The van der Waals surface area contributed by atoms with E-state index in [0.717, 1.165) is 23.1 Å². The number of aromatic nitrogens is 2. The first kappa shape index (κ1) is 20.3. The van der Waals surface area contributed by atoms with Gasteiger partial charge in [0.25, 0.3) is 0 Å². The van der Waals surface area contributed by atoms with Crippen LogP contribution < -0.4 is 0 Å². The molecule has 0 aliphatic carbocycles. The highest BCUT2D eigenvalue weighted by Gasteiger charge is 2.33. The summed E-state index contributed by atoms with van der Waals surface area (Å²) in [4.78, 5) is 19.0. The summed E-state index contributed by atoms with van der Waals surface area (Å²) in [6.45, 7) is 11.7. The van der Waals surface area contributed by atoms with E-state index < -0.39 is 9.84 Å². The first-order valence-corrected chi connectivity index (χ1v) is 11.6. The van der Waals surface area contributed by atoms with E-state index in [4.69, 9.17) is 0 Å². The molecule has 0 N–H and O–H groups in total. The normalized spacial score (nSPS) is 19.5. The summed E-state index contributed by atoms with van der Waals surface area (Å²) in [6.07, 6.45) is 0.548. The van der Waals surface area contributed by atoms with E-state index in [1.54, 1.807) is 4.90 Å². The molecule has 25 heavy (non-hydrogen) atoms. The summed E-state index contributed by atoms with van der Waals surface area (Å²) in [7, 11) is -2.99. The van der Waals surface area contributed by atoms with Crippen LogP contribution in [0.3, 0.4) is 0 Å². The van der Waals surface area contributed by atoms with Crippen LogP contribution in [-0.2, 0) is 21.2 Å². The number of rotatable bonds is 7. The Hall–Kier alpha value is -1.02. The van der Waals surface area contributed by atoms with Gasteiger partial charge >= 0.3 is 0 Å². The molecule has 1 saturated heterocycles. The van der Waals surface area contributed by atoms with Crippen molar-refractivity contribution in [1.29, 1.82) is 0 Å². The predicted molar refractivity (Wildman–Crippen MR) is 102 cm³/mol. The monoisotopic (exact) mass is 387 g/mol. The molecule has 0 spiro atoms. The molecule has 1 aliphatic heterocycles. The average Bonchev–Trinajstić information content (AvgIpc) is 3.00. The number of aryl methyl sites for hydroxylation is 1. The molecule has 142 valence electrons. The lowest BCUT2D eigenvalue weighted by Crippen LogP contribution is -2.42. The molecule has 1 atom stereocenters. The molecule has 0 bridgehead atoms. The van der Waals surface area contributed by atoms with Crippen molar-refractivity contribution in [3.8, 4) is 0 Å². The van der Waals surface area contributed by atoms with Gasteiger partial charge in [0, 0.05) is 24.8 Å². The molecule has 8 heteroatoms. The van der Waals surface area contributed by atoms with E-state index in [2.05, 4.69) is 30.3 Å². The summed E-state index contributed by atoms with van der Waals surface area (Å²) in [5, 5.41) is 0.868. The van der Waals surface area contributed by atoms with E-state index in [1.807, 2.05) is 13.8 Å². The summed E-state index contributed by atoms with van der Waals surface area (Å²) in [6, 6.07) is -0.179. The Bertz CT molecular complexity index is 726. The highest BCUT2D eigenvalue weighted by molar-refractivity contribution is 7.99. The third-order valence-corrected chi connectivity index (χ3v) is 7.32. The molecule has 1 fully saturated rings. The lowest BCUT2D eigenvalue weighted by atomic mass is 10.2. The second-order valence-corrected chi connectivity index (χ2v) is 10.3. The third-order valence-electron chi connectivity index (χ3n) is 4.61. The minimum absolute atomic E-state index is 0.0102.